The van der Waals surface area contributed by atoms with Crippen LogP contribution < -0.4 is 10.6 Å². The molecule has 0 aromatic carbocycles. The molecule has 2 N–H and O–H groups in total. The van der Waals surface area contributed by atoms with Gasteiger partial charge >= 0.3 is 0 Å². The topological polar surface area (TPSA) is 47.6 Å². The highest BCUT2D eigenvalue weighted by molar-refractivity contribution is 5.86. The minimum atomic E-state index is 0. The molecule has 8 heteroatoms. The molecule has 5 nitrogen and oxygen atoms in total. The van der Waals surface area contributed by atoms with Crippen molar-refractivity contribution in [3.8, 4) is 0 Å². The number of nitrogens with one attached hydrogen (secondary N) is 2. The van der Waals surface area contributed by atoms with Crippen LogP contribution in [0, 0.1) is 5.92 Å². The van der Waals surface area contributed by atoms with Crippen LogP contribution in [0.15, 0.2) is 0 Å². The monoisotopic (exact) mass is 362 g/mol. The zero-order chi connectivity index (χ0) is 13.0. The quantitative estimate of drug-likeness (QED) is 0.771. The molecule has 2 fully saturated rings. The maximum Gasteiger partial charge on any atom is 0.224 e. The van der Waals surface area contributed by atoms with E-state index in [-0.39, 0.29) is 49.0 Å². The molecule has 1 amide bonds. The molecule has 0 aliphatic carbocycles. The van der Waals surface area contributed by atoms with Crippen molar-refractivity contribution < 1.29 is 4.79 Å². The minimum Gasteiger partial charge on any atom is -0.354 e. The summed E-state index contributed by atoms with van der Waals surface area (Å²) in [6, 6.07) is 0.448. The zero-order valence-corrected chi connectivity index (χ0v) is 15.3. The third-order valence-corrected chi connectivity index (χ3v) is 4.16. The van der Waals surface area contributed by atoms with E-state index in [1.54, 1.807) is 0 Å². The van der Waals surface area contributed by atoms with E-state index in [0.717, 1.165) is 52.1 Å². The summed E-state index contributed by atoms with van der Waals surface area (Å²) in [7, 11) is 4.29. The highest BCUT2D eigenvalue weighted by atomic mass is 35.5. The number of amides is 1. The Labute approximate surface area is 146 Å². The van der Waals surface area contributed by atoms with Crippen LogP contribution >= 0.6 is 37.2 Å². The van der Waals surface area contributed by atoms with Crippen molar-refractivity contribution in [2.75, 3.05) is 53.4 Å². The number of likely N-dealkylation sites (N-methyl/N-ethyl adjacent to an activating group) is 2. The van der Waals surface area contributed by atoms with Crippen molar-refractivity contribution >= 4 is 43.1 Å². The van der Waals surface area contributed by atoms with E-state index >= 15 is 0 Å². The minimum absolute atomic E-state index is 0. The molecule has 128 valence electrons. The largest absolute Gasteiger partial charge is 0.354 e. The molecule has 2 aliphatic heterocycles. The second kappa shape index (κ2) is 11.7. The fourth-order valence-corrected chi connectivity index (χ4v) is 2.76. The third-order valence-electron chi connectivity index (χ3n) is 4.16. The molecule has 0 aromatic heterocycles. The van der Waals surface area contributed by atoms with Crippen molar-refractivity contribution in [1.82, 2.24) is 20.4 Å². The molecule has 2 aliphatic rings. The summed E-state index contributed by atoms with van der Waals surface area (Å²) < 4.78 is 0. The van der Waals surface area contributed by atoms with Crippen LogP contribution in [0.3, 0.4) is 0 Å². The molecule has 2 heterocycles. The highest BCUT2D eigenvalue weighted by Gasteiger charge is 2.25. The number of hydrogen-bond donors (Lipinski definition) is 2. The average Bonchev–Trinajstić information content (AvgIpc) is 2.40. The fraction of sp³-hybridized carbons (Fsp3) is 0.923. The van der Waals surface area contributed by atoms with Crippen molar-refractivity contribution in [3.05, 3.63) is 0 Å². The van der Waals surface area contributed by atoms with Crippen molar-refractivity contribution in [2.45, 2.75) is 18.9 Å². The fourth-order valence-electron chi connectivity index (χ4n) is 2.76. The standard InChI is InChI=1S/C13H26N4O.3ClH/c1-16-6-7-17(2)12(10-16)9-15-13(18)11-4-3-5-14-8-11;;;/h11-12,14H,3-10H2,1-2H3,(H,15,18);3*1H. The molecule has 0 radical (unpaired) electrons. The lowest BCUT2D eigenvalue weighted by Gasteiger charge is -2.38. The first-order valence-electron chi connectivity index (χ1n) is 7.04. The second-order valence-corrected chi connectivity index (χ2v) is 5.69. The van der Waals surface area contributed by atoms with Gasteiger partial charge in [-0.25, -0.2) is 0 Å². The van der Waals surface area contributed by atoms with Crippen molar-refractivity contribution in [3.63, 3.8) is 0 Å². The van der Waals surface area contributed by atoms with Gasteiger partial charge in [0.05, 0.1) is 5.92 Å². The Morgan fingerprint density at radius 3 is 2.57 bits per heavy atom. The Morgan fingerprint density at radius 1 is 1.24 bits per heavy atom. The van der Waals surface area contributed by atoms with Crippen LogP contribution in [-0.2, 0) is 4.79 Å². The van der Waals surface area contributed by atoms with Gasteiger partial charge in [0.2, 0.25) is 5.91 Å². The molecule has 0 aromatic rings. The average molecular weight is 364 g/mol. The van der Waals surface area contributed by atoms with Crippen molar-refractivity contribution in [1.29, 1.82) is 0 Å². The molecule has 2 saturated heterocycles. The summed E-state index contributed by atoms with van der Waals surface area (Å²) >= 11 is 0. The zero-order valence-electron chi connectivity index (χ0n) is 12.8. The Balaban J connectivity index is 0. The Morgan fingerprint density at radius 2 is 1.95 bits per heavy atom. The molecule has 2 atom stereocenters. The van der Waals surface area contributed by atoms with Crippen LogP contribution in [0.25, 0.3) is 0 Å². The maximum absolute atomic E-state index is 12.0. The van der Waals surface area contributed by atoms with Gasteiger partial charge in [-0.05, 0) is 33.5 Å². The van der Waals surface area contributed by atoms with Gasteiger partial charge in [0.15, 0.2) is 0 Å². The first-order valence-corrected chi connectivity index (χ1v) is 7.04. The number of carbonyl (C=O) groups excluding carboxylic acids is 1. The van der Waals surface area contributed by atoms with Crippen molar-refractivity contribution in [2.24, 2.45) is 5.92 Å². The molecule has 0 saturated carbocycles. The van der Waals surface area contributed by atoms with Crippen LogP contribution in [0.2, 0.25) is 0 Å². The highest BCUT2D eigenvalue weighted by Crippen LogP contribution is 2.10. The summed E-state index contributed by atoms with van der Waals surface area (Å²) in [5.74, 6) is 0.397. The molecule has 2 rings (SSSR count). The molecular weight excluding hydrogens is 335 g/mol. The third kappa shape index (κ3) is 7.35. The number of rotatable bonds is 3. The smallest absolute Gasteiger partial charge is 0.224 e. The van der Waals surface area contributed by atoms with Gasteiger partial charge in [-0.3, -0.25) is 9.69 Å². The Bertz CT molecular complexity index is 291. The van der Waals surface area contributed by atoms with Crippen LogP contribution in [-0.4, -0.2) is 75.1 Å². The van der Waals surface area contributed by atoms with E-state index in [1.165, 1.54) is 0 Å². The number of piperidine rings is 1. The molecule has 2 unspecified atom stereocenters. The second-order valence-electron chi connectivity index (χ2n) is 5.69. The Hall–Kier alpha value is 0.220. The first kappa shape index (κ1) is 23.5. The van der Waals surface area contributed by atoms with Gasteiger partial charge in [-0.1, -0.05) is 0 Å². The van der Waals surface area contributed by atoms with Crippen LogP contribution in [0.4, 0.5) is 0 Å². The van der Waals surface area contributed by atoms with E-state index in [9.17, 15) is 4.79 Å². The summed E-state index contributed by atoms with van der Waals surface area (Å²) in [5.41, 5.74) is 0. The van der Waals surface area contributed by atoms with E-state index in [2.05, 4.69) is 34.5 Å². The van der Waals surface area contributed by atoms with Gasteiger partial charge in [0.25, 0.3) is 0 Å². The lowest BCUT2D eigenvalue weighted by atomic mass is 9.99. The van der Waals surface area contributed by atoms with E-state index < -0.39 is 0 Å². The molecule has 0 spiro atoms. The van der Waals surface area contributed by atoms with Crippen LogP contribution in [0.1, 0.15) is 12.8 Å². The van der Waals surface area contributed by atoms with Crippen LogP contribution in [0.5, 0.6) is 0 Å². The summed E-state index contributed by atoms with van der Waals surface area (Å²) in [4.78, 5) is 16.7. The first-order chi connectivity index (χ1) is 8.66. The lowest BCUT2D eigenvalue weighted by Crippen LogP contribution is -2.55. The molecular formula is C13H29Cl3N4O. The van der Waals surface area contributed by atoms with E-state index in [4.69, 9.17) is 0 Å². The number of hydrogen-bond acceptors (Lipinski definition) is 4. The summed E-state index contributed by atoms with van der Waals surface area (Å²) in [6.45, 7) is 5.91. The van der Waals surface area contributed by atoms with E-state index in [1.807, 2.05) is 0 Å². The summed E-state index contributed by atoms with van der Waals surface area (Å²) in [5, 5.41) is 6.42. The number of nitrogens with zero attached hydrogens (tertiary/aromatic N) is 2. The summed E-state index contributed by atoms with van der Waals surface area (Å²) in [6.07, 6.45) is 2.14. The normalized spacial score (nSPS) is 26.8. The Kier molecular flexibility index (Phi) is 13.1. The predicted molar refractivity (Wildman–Crippen MR) is 94.3 cm³/mol. The van der Waals surface area contributed by atoms with Gasteiger partial charge in [-0.2, -0.15) is 0 Å². The number of halogens is 3. The maximum atomic E-state index is 12.0. The van der Waals surface area contributed by atoms with E-state index in [0.29, 0.717) is 6.04 Å². The van der Waals surface area contributed by atoms with Gasteiger partial charge in [0, 0.05) is 38.8 Å². The SMILES string of the molecule is CN1CCN(C)C(CNC(=O)C2CCCNC2)C1.Cl.Cl.Cl. The molecule has 21 heavy (non-hydrogen) atoms. The molecule has 0 bridgehead atoms. The number of carbonyl (C=O) groups is 1. The van der Waals surface area contributed by atoms with Gasteiger partial charge < -0.3 is 15.5 Å². The lowest BCUT2D eigenvalue weighted by molar-refractivity contribution is -0.125. The predicted octanol–water partition coefficient (Wildman–Crippen LogP) is 0.613. The van der Waals surface area contributed by atoms with Gasteiger partial charge in [0.1, 0.15) is 0 Å². The number of piperazine rings is 1. The van der Waals surface area contributed by atoms with Gasteiger partial charge in [-0.15, -0.1) is 37.2 Å².